The lowest BCUT2D eigenvalue weighted by Crippen LogP contribution is -2.12. The van der Waals surface area contributed by atoms with Crippen LogP contribution in [0.25, 0.3) is 16.2 Å². The van der Waals surface area contributed by atoms with Crippen molar-refractivity contribution >= 4 is 43.8 Å². The van der Waals surface area contributed by atoms with Crippen LogP contribution in [0.2, 0.25) is 0 Å². The number of rotatable bonds is 3. The van der Waals surface area contributed by atoms with Gasteiger partial charge in [0.05, 0.1) is 5.69 Å². The summed E-state index contributed by atoms with van der Waals surface area (Å²) in [7, 11) is 0. The van der Waals surface area contributed by atoms with E-state index in [4.69, 9.17) is 0 Å². The van der Waals surface area contributed by atoms with Crippen molar-refractivity contribution in [3.05, 3.63) is 75.3 Å². The van der Waals surface area contributed by atoms with E-state index < -0.39 is 0 Å². The van der Waals surface area contributed by atoms with E-state index in [9.17, 15) is 4.79 Å². The maximum Gasteiger partial charge on any atom is 0.267 e. The first-order valence-electron chi connectivity index (χ1n) is 8.14. The summed E-state index contributed by atoms with van der Waals surface area (Å²) in [4.78, 5) is 18.9. The molecule has 2 heterocycles. The lowest BCUT2D eigenvalue weighted by Gasteiger charge is -2.06. The molecule has 0 aliphatic rings. The van der Waals surface area contributed by atoms with Crippen LogP contribution in [-0.2, 0) is 0 Å². The van der Waals surface area contributed by atoms with Gasteiger partial charge in [-0.2, -0.15) is 0 Å². The highest BCUT2D eigenvalue weighted by molar-refractivity contribution is 9.10. The summed E-state index contributed by atoms with van der Waals surface area (Å²) >= 11 is 4.88. The Morgan fingerprint density at radius 3 is 2.62 bits per heavy atom. The summed E-state index contributed by atoms with van der Waals surface area (Å²) in [5, 5.41) is 2.97. The second-order valence-electron chi connectivity index (χ2n) is 6.08. The number of hydrogen-bond donors (Lipinski definition) is 1. The van der Waals surface area contributed by atoms with Crippen LogP contribution in [0.15, 0.2) is 59.2 Å². The Bertz CT molecular complexity index is 1120. The molecule has 130 valence electrons. The van der Waals surface area contributed by atoms with Crippen molar-refractivity contribution in [3.8, 4) is 11.3 Å². The third kappa shape index (κ3) is 3.06. The number of anilines is 1. The van der Waals surface area contributed by atoms with Gasteiger partial charge in [-0.25, -0.2) is 4.98 Å². The minimum absolute atomic E-state index is 0.110. The Morgan fingerprint density at radius 1 is 1.15 bits per heavy atom. The number of nitrogens with zero attached hydrogens (tertiary/aromatic N) is 2. The van der Waals surface area contributed by atoms with Gasteiger partial charge in [0.25, 0.3) is 5.91 Å². The number of nitrogens with one attached hydrogen (secondary N) is 1. The van der Waals surface area contributed by atoms with E-state index in [-0.39, 0.29) is 5.91 Å². The molecule has 6 heteroatoms. The summed E-state index contributed by atoms with van der Waals surface area (Å²) in [6.07, 6.45) is 1.98. The van der Waals surface area contributed by atoms with E-state index in [1.54, 1.807) is 0 Å². The maximum atomic E-state index is 12.7. The quantitative estimate of drug-likeness (QED) is 0.457. The number of halogens is 1. The van der Waals surface area contributed by atoms with E-state index >= 15 is 0 Å². The van der Waals surface area contributed by atoms with Crippen LogP contribution < -0.4 is 5.32 Å². The van der Waals surface area contributed by atoms with Crippen molar-refractivity contribution < 1.29 is 4.79 Å². The van der Waals surface area contributed by atoms with Gasteiger partial charge in [-0.05, 0) is 37.6 Å². The zero-order valence-electron chi connectivity index (χ0n) is 14.3. The number of thiazole rings is 1. The smallest absolute Gasteiger partial charge is 0.267 e. The highest BCUT2D eigenvalue weighted by Gasteiger charge is 2.18. The maximum absolute atomic E-state index is 12.7. The normalized spacial score (nSPS) is 11.0. The second kappa shape index (κ2) is 6.70. The molecule has 0 fully saturated rings. The summed E-state index contributed by atoms with van der Waals surface area (Å²) in [5.74, 6) is -0.110. The molecule has 0 saturated carbocycles. The topological polar surface area (TPSA) is 46.4 Å². The van der Waals surface area contributed by atoms with E-state index in [2.05, 4.69) is 26.2 Å². The zero-order valence-corrected chi connectivity index (χ0v) is 16.7. The first kappa shape index (κ1) is 17.0. The molecule has 0 radical (unpaired) electrons. The van der Waals surface area contributed by atoms with Crippen LogP contribution in [0.1, 0.15) is 20.9 Å². The predicted octanol–water partition coefficient (Wildman–Crippen LogP) is 5.69. The number of aromatic nitrogens is 2. The molecule has 4 rings (SSSR count). The monoisotopic (exact) mass is 425 g/mol. The van der Waals surface area contributed by atoms with Crippen molar-refractivity contribution in [3.63, 3.8) is 0 Å². The molecule has 4 nitrogen and oxygen atoms in total. The summed E-state index contributed by atoms with van der Waals surface area (Å²) in [5.41, 5.74) is 4.74. The molecule has 1 amide bonds. The minimum Gasteiger partial charge on any atom is -0.321 e. The Hall–Kier alpha value is -2.44. The molecule has 0 spiro atoms. The fraction of sp³-hybridized carbons (Fsp3) is 0.100. The highest BCUT2D eigenvalue weighted by atomic mass is 79.9. The molecular weight excluding hydrogens is 410 g/mol. The number of amides is 1. The van der Waals surface area contributed by atoms with Crippen molar-refractivity contribution in [2.75, 3.05) is 5.32 Å². The molecule has 0 unspecified atom stereocenters. The Balaban J connectivity index is 1.64. The van der Waals surface area contributed by atoms with Crippen LogP contribution in [-0.4, -0.2) is 15.3 Å². The van der Waals surface area contributed by atoms with Crippen molar-refractivity contribution in [2.45, 2.75) is 13.8 Å². The number of imidazole rings is 1. The molecule has 1 N–H and O–H groups in total. The van der Waals surface area contributed by atoms with E-state index in [1.807, 2.05) is 73.0 Å². The first-order valence-corrected chi connectivity index (χ1v) is 9.75. The zero-order chi connectivity index (χ0) is 18.3. The van der Waals surface area contributed by atoms with Crippen LogP contribution in [0, 0.1) is 13.8 Å². The first-order chi connectivity index (χ1) is 12.5. The molecule has 0 atom stereocenters. The SMILES string of the molecule is Cc1cc(NC(=O)c2sc3nc(-c4ccccc4)cn3c2C)ccc1Br. The fourth-order valence-electron chi connectivity index (χ4n) is 2.82. The van der Waals surface area contributed by atoms with Crippen LogP contribution in [0.4, 0.5) is 5.69 Å². The van der Waals surface area contributed by atoms with Crippen molar-refractivity contribution in [1.82, 2.24) is 9.38 Å². The fourth-order valence-corrected chi connectivity index (χ4v) is 4.07. The summed E-state index contributed by atoms with van der Waals surface area (Å²) < 4.78 is 3.00. The third-order valence-electron chi connectivity index (χ3n) is 4.25. The van der Waals surface area contributed by atoms with Crippen LogP contribution in [0.5, 0.6) is 0 Å². The lowest BCUT2D eigenvalue weighted by molar-refractivity contribution is 0.102. The third-order valence-corrected chi connectivity index (χ3v) is 6.29. The van der Waals surface area contributed by atoms with Gasteiger partial charge in [0.15, 0.2) is 4.96 Å². The summed E-state index contributed by atoms with van der Waals surface area (Å²) in [6, 6.07) is 15.8. The van der Waals surface area contributed by atoms with E-state index in [1.165, 1.54) is 11.3 Å². The van der Waals surface area contributed by atoms with E-state index in [0.717, 1.165) is 37.6 Å². The minimum atomic E-state index is -0.110. The predicted molar refractivity (Wildman–Crippen MR) is 110 cm³/mol. The highest BCUT2D eigenvalue weighted by Crippen LogP contribution is 2.28. The molecule has 0 bridgehead atoms. The van der Waals surface area contributed by atoms with E-state index in [0.29, 0.717) is 4.88 Å². The number of hydrogen-bond acceptors (Lipinski definition) is 3. The van der Waals surface area contributed by atoms with Gasteiger partial charge in [-0.3, -0.25) is 9.20 Å². The number of aryl methyl sites for hydroxylation is 2. The molecule has 0 aliphatic heterocycles. The van der Waals surface area contributed by atoms with Gasteiger partial charge in [0.1, 0.15) is 4.88 Å². The molecule has 4 aromatic rings. The molecular formula is C20H16BrN3OS. The lowest BCUT2D eigenvalue weighted by atomic mass is 10.2. The number of carbonyl (C=O) groups excluding carboxylic acids is 1. The second-order valence-corrected chi connectivity index (χ2v) is 7.91. The van der Waals surface area contributed by atoms with Gasteiger partial charge in [0, 0.05) is 27.6 Å². The molecule has 0 saturated heterocycles. The van der Waals surface area contributed by atoms with Crippen LogP contribution in [0.3, 0.4) is 0 Å². The van der Waals surface area contributed by atoms with Gasteiger partial charge in [0.2, 0.25) is 0 Å². The molecule has 2 aromatic carbocycles. The molecule has 2 aromatic heterocycles. The molecule has 0 aliphatic carbocycles. The van der Waals surface area contributed by atoms with Crippen molar-refractivity contribution in [1.29, 1.82) is 0 Å². The van der Waals surface area contributed by atoms with Gasteiger partial charge < -0.3 is 5.32 Å². The largest absolute Gasteiger partial charge is 0.321 e. The number of fused-ring (bicyclic) bond motifs is 1. The van der Waals surface area contributed by atoms with Gasteiger partial charge in [-0.1, -0.05) is 57.6 Å². The average Bonchev–Trinajstić information content (AvgIpc) is 3.19. The van der Waals surface area contributed by atoms with Gasteiger partial charge >= 0.3 is 0 Å². The number of carbonyl (C=O) groups is 1. The number of benzene rings is 2. The van der Waals surface area contributed by atoms with Crippen molar-refractivity contribution in [2.24, 2.45) is 0 Å². The van der Waals surface area contributed by atoms with Gasteiger partial charge in [-0.15, -0.1) is 0 Å². The Labute approximate surface area is 163 Å². The Kier molecular flexibility index (Phi) is 4.38. The standard InChI is InChI=1S/C20H16BrN3OS/c1-12-10-15(8-9-16(12)21)22-19(25)18-13(2)24-11-17(23-20(24)26-18)14-6-4-3-5-7-14/h3-11H,1-2H3,(H,22,25). The average molecular weight is 426 g/mol. The molecule has 26 heavy (non-hydrogen) atoms. The Morgan fingerprint density at radius 2 is 1.92 bits per heavy atom. The van der Waals surface area contributed by atoms with Crippen LogP contribution >= 0.6 is 27.3 Å². The summed E-state index contributed by atoms with van der Waals surface area (Å²) in [6.45, 7) is 3.94.